The summed E-state index contributed by atoms with van der Waals surface area (Å²) in [6, 6.07) is 8.03. The highest BCUT2D eigenvalue weighted by Gasteiger charge is 2.25. The quantitative estimate of drug-likeness (QED) is 0.900. The molecule has 0 spiro atoms. The fraction of sp³-hybridized carbons (Fsp3) is 0.500. The predicted molar refractivity (Wildman–Crippen MR) is 94.0 cm³/mol. The van der Waals surface area contributed by atoms with Crippen molar-refractivity contribution in [1.82, 2.24) is 5.32 Å². The Bertz CT molecular complexity index is 660. The summed E-state index contributed by atoms with van der Waals surface area (Å²) in [6.45, 7) is 4.31. The van der Waals surface area contributed by atoms with E-state index in [1.165, 1.54) is 5.56 Å². The van der Waals surface area contributed by atoms with Gasteiger partial charge in [0.05, 0.1) is 11.5 Å². The number of sulfone groups is 1. The van der Waals surface area contributed by atoms with E-state index in [4.69, 9.17) is 0 Å². The SMILES string of the molecule is CC(C)c1ccc(C=CCC(=O)NC2CCCS(=O)(=O)C2)cc1. The van der Waals surface area contributed by atoms with Gasteiger partial charge in [-0.1, -0.05) is 50.3 Å². The van der Waals surface area contributed by atoms with Crippen molar-refractivity contribution in [2.45, 2.75) is 45.1 Å². The molecule has 1 aliphatic heterocycles. The van der Waals surface area contributed by atoms with Gasteiger partial charge in [-0.05, 0) is 29.9 Å². The van der Waals surface area contributed by atoms with Crippen molar-refractivity contribution >= 4 is 21.8 Å². The predicted octanol–water partition coefficient (Wildman–Crippen LogP) is 2.91. The molecule has 0 radical (unpaired) electrons. The molecule has 1 aliphatic rings. The fourth-order valence-electron chi connectivity index (χ4n) is 2.72. The Labute approximate surface area is 138 Å². The Morgan fingerprint density at radius 3 is 2.61 bits per heavy atom. The van der Waals surface area contributed by atoms with E-state index in [9.17, 15) is 13.2 Å². The highest BCUT2D eigenvalue weighted by molar-refractivity contribution is 7.91. The van der Waals surface area contributed by atoms with Crippen molar-refractivity contribution in [3.63, 3.8) is 0 Å². The van der Waals surface area contributed by atoms with Gasteiger partial charge in [-0.2, -0.15) is 0 Å². The first-order valence-corrected chi connectivity index (χ1v) is 9.94. The van der Waals surface area contributed by atoms with Gasteiger partial charge in [0.1, 0.15) is 0 Å². The summed E-state index contributed by atoms with van der Waals surface area (Å²) in [4.78, 5) is 11.9. The first-order chi connectivity index (χ1) is 10.9. The van der Waals surface area contributed by atoms with E-state index >= 15 is 0 Å². The number of hydrogen-bond donors (Lipinski definition) is 1. The zero-order valence-electron chi connectivity index (χ0n) is 13.8. The lowest BCUT2D eigenvalue weighted by atomic mass is 10.0. The second-order valence-corrected chi connectivity index (χ2v) is 8.68. The van der Waals surface area contributed by atoms with Crippen LogP contribution in [0.4, 0.5) is 0 Å². The number of benzene rings is 1. The highest BCUT2D eigenvalue weighted by Crippen LogP contribution is 2.15. The van der Waals surface area contributed by atoms with Crippen LogP contribution in [0.25, 0.3) is 6.08 Å². The summed E-state index contributed by atoms with van der Waals surface area (Å²) in [6.07, 6.45) is 5.37. The van der Waals surface area contributed by atoms with E-state index < -0.39 is 9.84 Å². The van der Waals surface area contributed by atoms with Crippen molar-refractivity contribution in [1.29, 1.82) is 0 Å². The standard InChI is InChI=1S/C18H25NO3S/c1-14(2)16-10-8-15(9-11-16)5-3-7-18(20)19-17-6-4-12-23(21,22)13-17/h3,5,8-11,14,17H,4,6-7,12-13H2,1-2H3,(H,19,20). The molecule has 1 aromatic rings. The molecule has 0 aliphatic carbocycles. The summed E-state index contributed by atoms with van der Waals surface area (Å²) >= 11 is 0. The molecule has 1 N–H and O–H groups in total. The number of rotatable bonds is 5. The molecule has 0 saturated carbocycles. The van der Waals surface area contributed by atoms with E-state index in [0.717, 1.165) is 12.0 Å². The van der Waals surface area contributed by atoms with Gasteiger partial charge in [0.2, 0.25) is 5.91 Å². The van der Waals surface area contributed by atoms with Crippen LogP contribution in [0.3, 0.4) is 0 Å². The molecule has 0 bridgehead atoms. The van der Waals surface area contributed by atoms with Gasteiger partial charge in [-0.15, -0.1) is 0 Å². The second-order valence-electron chi connectivity index (χ2n) is 6.45. The first kappa shape index (κ1) is 17.7. The van der Waals surface area contributed by atoms with Crippen LogP contribution in [-0.4, -0.2) is 31.9 Å². The van der Waals surface area contributed by atoms with Gasteiger partial charge in [0.15, 0.2) is 9.84 Å². The third-order valence-electron chi connectivity index (χ3n) is 4.04. The third kappa shape index (κ3) is 5.82. The zero-order valence-corrected chi connectivity index (χ0v) is 14.6. The van der Waals surface area contributed by atoms with E-state index in [1.807, 2.05) is 24.3 Å². The molecule has 2 rings (SSSR count). The summed E-state index contributed by atoms with van der Waals surface area (Å²) in [7, 11) is -2.98. The molecule has 1 aromatic carbocycles. The maximum atomic E-state index is 11.9. The van der Waals surface area contributed by atoms with E-state index in [0.29, 0.717) is 12.3 Å². The van der Waals surface area contributed by atoms with Crippen molar-refractivity contribution in [2.24, 2.45) is 0 Å². The maximum absolute atomic E-state index is 11.9. The molecule has 1 amide bonds. The van der Waals surface area contributed by atoms with Crippen LogP contribution >= 0.6 is 0 Å². The van der Waals surface area contributed by atoms with Crippen molar-refractivity contribution in [3.8, 4) is 0 Å². The van der Waals surface area contributed by atoms with Crippen LogP contribution in [0.1, 0.15) is 50.2 Å². The zero-order chi connectivity index (χ0) is 16.9. The molecule has 4 nitrogen and oxygen atoms in total. The van der Waals surface area contributed by atoms with Crippen molar-refractivity contribution in [3.05, 3.63) is 41.5 Å². The number of hydrogen-bond acceptors (Lipinski definition) is 3. The number of nitrogens with one attached hydrogen (secondary N) is 1. The third-order valence-corrected chi connectivity index (χ3v) is 5.87. The first-order valence-electron chi connectivity index (χ1n) is 8.12. The fourth-order valence-corrected chi connectivity index (χ4v) is 4.35. The Morgan fingerprint density at radius 2 is 2.00 bits per heavy atom. The Hall–Kier alpha value is -1.62. The molecule has 126 valence electrons. The van der Waals surface area contributed by atoms with Gasteiger partial charge in [-0.25, -0.2) is 8.42 Å². The molecule has 5 heteroatoms. The average molecular weight is 335 g/mol. The molecule has 1 saturated heterocycles. The van der Waals surface area contributed by atoms with Gasteiger partial charge < -0.3 is 5.32 Å². The van der Waals surface area contributed by atoms with Crippen molar-refractivity contribution < 1.29 is 13.2 Å². The molecular weight excluding hydrogens is 310 g/mol. The van der Waals surface area contributed by atoms with Gasteiger partial charge in [0.25, 0.3) is 0 Å². The van der Waals surface area contributed by atoms with Crippen LogP contribution in [0.15, 0.2) is 30.3 Å². The van der Waals surface area contributed by atoms with Gasteiger partial charge in [-0.3, -0.25) is 4.79 Å². The molecule has 1 unspecified atom stereocenters. The van der Waals surface area contributed by atoms with Gasteiger partial charge >= 0.3 is 0 Å². The largest absolute Gasteiger partial charge is 0.352 e. The van der Waals surface area contributed by atoms with Crippen LogP contribution < -0.4 is 5.32 Å². The molecule has 1 fully saturated rings. The molecule has 1 atom stereocenters. The Morgan fingerprint density at radius 1 is 1.30 bits per heavy atom. The van der Waals surface area contributed by atoms with E-state index in [-0.39, 0.29) is 29.9 Å². The number of amides is 1. The summed E-state index contributed by atoms with van der Waals surface area (Å²) in [5.74, 6) is 0.692. The minimum Gasteiger partial charge on any atom is -0.352 e. The smallest absolute Gasteiger partial charge is 0.224 e. The topological polar surface area (TPSA) is 63.2 Å². The minimum absolute atomic E-state index is 0.0686. The van der Waals surface area contributed by atoms with E-state index in [2.05, 4.69) is 31.3 Å². The lowest BCUT2D eigenvalue weighted by molar-refractivity contribution is -0.120. The average Bonchev–Trinajstić information content (AvgIpc) is 2.46. The lowest BCUT2D eigenvalue weighted by Crippen LogP contribution is -2.42. The normalized spacial score (nSPS) is 20.7. The molecule has 1 heterocycles. The second kappa shape index (κ2) is 7.77. The van der Waals surface area contributed by atoms with E-state index in [1.54, 1.807) is 0 Å². The monoisotopic (exact) mass is 335 g/mol. The minimum atomic E-state index is -2.98. The summed E-state index contributed by atoms with van der Waals surface area (Å²) in [5.41, 5.74) is 2.35. The van der Waals surface area contributed by atoms with Crippen LogP contribution in [0.2, 0.25) is 0 Å². The van der Waals surface area contributed by atoms with Crippen LogP contribution in [0, 0.1) is 0 Å². The Kier molecular flexibility index (Phi) is 5.99. The summed E-state index contributed by atoms with van der Waals surface area (Å²) in [5, 5.41) is 2.82. The van der Waals surface area contributed by atoms with Crippen LogP contribution in [-0.2, 0) is 14.6 Å². The van der Waals surface area contributed by atoms with Crippen LogP contribution in [0.5, 0.6) is 0 Å². The molecule has 23 heavy (non-hydrogen) atoms. The number of carbonyl (C=O) groups excluding carboxylic acids is 1. The van der Waals surface area contributed by atoms with Gasteiger partial charge in [0, 0.05) is 12.5 Å². The lowest BCUT2D eigenvalue weighted by Gasteiger charge is -2.22. The highest BCUT2D eigenvalue weighted by atomic mass is 32.2. The molecular formula is C18H25NO3S. The van der Waals surface area contributed by atoms with Crippen molar-refractivity contribution in [2.75, 3.05) is 11.5 Å². The number of carbonyl (C=O) groups is 1. The maximum Gasteiger partial charge on any atom is 0.224 e. The summed E-state index contributed by atoms with van der Waals surface area (Å²) < 4.78 is 23.1. The Balaban J connectivity index is 1.81. The molecule has 0 aromatic heterocycles.